The van der Waals surface area contributed by atoms with Crippen molar-refractivity contribution in [3.05, 3.63) is 54.1 Å². The minimum atomic E-state index is -0.127. The Morgan fingerprint density at radius 3 is 2.42 bits per heavy atom. The van der Waals surface area contributed by atoms with E-state index >= 15 is 0 Å². The van der Waals surface area contributed by atoms with E-state index in [1.807, 2.05) is 6.92 Å². The van der Waals surface area contributed by atoms with Crippen molar-refractivity contribution in [1.29, 1.82) is 0 Å². The third-order valence-corrected chi connectivity index (χ3v) is 7.05. The topological polar surface area (TPSA) is 77.0 Å². The number of halogens is 1. The van der Waals surface area contributed by atoms with E-state index in [4.69, 9.17) is 4.99 Å². The van der Waals surface area contributed by atoms with Crippen molar-refractivity contribution >= 4 is 47.4 Å². The van der Waals surface area contributed by atoms with E-state index < -0.39 is 0 Å². The minimum Gasteiger partial charge on any atom is -0.364 e. The maximum atomic E-state index is 12.8. The number of amides is 2. The van der Waals surface area contributed by atoms with E-state index in [0.717, 1.165) is 31.6 Å². The number of hydrogen-bond donors (Lipinski definition) is 2. The van der Waals surface area contributed by atoms with Crippen LogP contribution in [-0.2, 0) is 16.1 Å². The summed E-state index contributed by atoms with van der Waals surface area (Å²) in [7, 11) is 0. The summed E-state index contributed by atoms with van der Waals surface area (Å²) in [6, 6.07) is 8.47. The standard InChI is InChI=1S/C25H31N5O2.HI/c1-2-26-25(28-16-17-6-5-7-20(14-17)29-11-3-4-12-29)27-10-13-30-23(31)21-18-8-9-19(15-18)22(21)24(30)32;/h3-9,14,18-19,21-22H,2,10-13,15-16H2,1H3,(H2,26,27,28);1H. The molecule has 2 N–H and O–H groups in total. The van der Waals surface area contributed by atoms with Gasteiger partial charge in [-0.1, -0.05) is 36.4 Å². The molecular formula is C25H32IN5O2. The average Bonchev–Trinajstić information content (AvgIpc) is 3.59. The van der Waals surface area contributed by atoms with E-state index in [9.17, 15) is 9.59 Å². The molecule has 1 saturated carbocycles. The predicted octanol–water partition coefficient (Wildman–Crippen LogP) is 2.54. The SMILES string of the molecule is CCNC(=NCc1cccc(N2CC=CC2)c1)NCCN1C(=O)C2C3C=CC(C3)C2C1=O.I. The van der Waals surface area contributed by atoms with Gasteiger partial charge in [-0.05, 0) is 42.9 Å². The fraction of sp³-hybridized carbons (Fsp3) is 0.480. The Morgan fingerprint density at radius 1 is 1.06 bits per heavy atom. The van der Waals surface area contributed by atoms with Crippen LogP contribution in [0.25, 0.3) is 0 Å². The van der Waals surface area contributed by atoms with Gasteiger partial charge in [-0.25, -0.2) is 4.99 Å². The largest absolute Gasteiger partial charge is 0.364 e. The summed E-state index contributed by atoms with van der Waals surface area (Å²) in [5, 5.41) is 6.54. The van der Waals surface area contributed by atoms with Crippen molar-refractivity contribution in [2.45, 2.75) is 19.9 Å². The molecule has 5 rings (SSSR count). The Morgan fingerprint density at radius 2 is 1.76 bits per heavy atom. The van der Waals surface area contributed by atoms with Gasteiger partial charge in [0.25, 0.3) is 0 Å². The zero-order valence-corrected chi connectivity index (χ0v) is 21.3. The van der Waals surface area contributed by atoms with Gasteiger partial charge in [0, 0.05) is 38.4 Å². The van der Waals surface area contributed by atoms with Crippen LogP contribution in [0.4, 0.5) is 5.69 Å². The number of nitrogens with one attached hydrogen (secondary N) is 2. The molecule has 1 saturated heterocycles. The number of guanidine groups is 1. The second-order valence-corrected chi connectivity index (χ2v) is 9.00. The maximum absolute atomic E-state index is 12.8. The normalized spacial score (nSPS) is 27.4. The first-order valence-corrected chi connectivity index (χ1v) is 11.7. The van der Waals surface area contributed by atoms with Crippen molar-refractivity contribution in [1.82, 2.24) is 15.5 Å². The molecule has 1 aromatic carbocycles. The van der Waals surface area contributed by atoms with Crippen LogP contribution in [0.15, 0.2) is 53.6 Å². The summed E-state index contributed by atoms with van der Waals surface area (Å²) < 4.78 is 0. The molecule has 0 radical (unpaired) electrons. The third kappa shape index (κ3) is 4.67. The number of imide groups is 1. The summed E-state index contributed by atoms with van der Waals surface area (Å²) in [4.78, 5) is 34.1. The Balaban J connectivity index is 0.00000259. The molecule has 2 fully saturated rings. The third-order valence-electron chi connectivity index (χ3n) is 7.05. The van der Waals surface area contributed by atoms with Gasteiger partial charge in [-0.3, -0.25) is 14.5 Å². The molecule has 0 spiro atoms. The molecule has 4 aliphatic rings. The van der Waals surface area contributed by atoms with Gasteiger partial charge in [0.1, 0.15) is 0 Å². The number of likely N-dealkylation sites (tertiary alicyclic amines) is 1. The summed E-state index contributed by atoms with van der Waals surface area (Å²) >= 11 is 0. The quantitative estimate of drug-likeness (QED) is 0.176. The number of rotatable bonds is 7. The van der Waals surface area contributed by atoms with Crippen molar-refractivity contribution in [2.24, 2.45) is 28.7 Å². The van der Waals surface area contributed by atoms with Crippen LogP contribution >= 0.6 is 24.0 Å². The molecule has 4 atom stereocenters. The zero-order chi connectivity index (χ0) is 22.1. The van der Waals surface area contributed by atoms with Gasteiger partial charge in [0.2, 0.25) is 11.8 Å². The lowest BCUT2D eigenvalue weighted by molar-refractivity contribution is -0.140. The van der Waals surface area contributed by atoms with Gasteiger partial charge in [-0.2, -0.15) is 0 Å². The van der Waals surface area contributed by atoms with E-state index in [2.05, 4.69) is 64.1 Å². The first kappa shape index (κ1) is 23.8. The molecule has 2 heterocycles. The number of aliphatic imine (C=N–C) groups is 1. The lowest BCUT2D eigenvalue weighted by Gasteiger charge is -2.19. The molecule has 8 heteroatoms. The number of carbonyl (C=O) groups is 2. The number of carbonyl (C=O) groups excluding carboxylic acids is 2. The highest BCUT2D eigenvalue weighted by molar-refractivity contribution is 14.0. The number of nitrogens with zero attached hydrogens (tertiary/aromatic N) is 3. The van der Waals surface area contributed by atoms with E-state index in [-0.39, 0.29) is 59.5 Å². The minimum absolute atomic E-state index is 0. The monoisotopic (exact) mass is 561 g/mol. The average molecular weight is 561 g/mol. The summed E-state index contributed by atoms with van der Waals surface area (Å²) in [5.41, 5.74) is 2.35. The summed E-state index contributed by atoms with van der Waals surface area (Å²) in [6.45, 7) is 6.10. The number of fused-ring (bicyclic) bond motifs is 5. The number of allylic oxidation sites excluding steroid dienone is 2. The smallest absolute Gasteiger partial charge is 0.233 e. The lowest BCUT2D eigenvalue weighted by Crippen LogP contribution is -2.43. The Bertz CT molecular complexity index is 953. The lowest BCUT2D eigenvalue weighted by atomic mass is 9.85. The van der Waals surface area contributed by atoms with Gasteiger partial charge in [-0.15, -0.1) is 24.0 Å². The second kappa shape index (κ2) is 10.3. The van der Waals surface area contributed by atoms with Crippen LogP contribution in [0.3, 0.4) is 0 Å². The van der Waals surface area contributed by atoms with Crippen molar-refractivity contribution < 1.29 is 9.59 Å². The van der Waals surface area contributed by atoms with Crippen LogP contribution in [-0.4, -0.2) is 55.4 Å². The first-order valence-electron chi connectivity index (χ1n) is 11.7. The number of anilines is 1. The molecule has 33 heavy (non-hydrogen) atoms. The van der Waals surface area contributed by atoms with Crippen LogP contribution in [0, 0.1) is 23.7 Å². The van der Waals surface area contributed by atoms with E-state index in [0.29, 0.717) is 25.6 Å². The Labute approximate surface area is 212 Å². The number of benzene rings is 1. The van der Waals surface area contributed by atoms with Gasteiger partial charge >= 0.3 is 0 Å². The molecule has 7 nitrogen and oxygen atoms in total. The van der Waals surface area contributed by atoms with Crippen molar-refractivity contribution in [2.75, 3.05) is 37.6 Å². The van der Waals surface area contributed by atoms with Gasteiger partial charge < -0.3 is 15.5 Å². The maximum Gasteiger partial charge on any atom is 0.233 e. The van der Waals surface area contributed by atoms with E-state index in [1.54, 1.807) is 0 Å². The molecule has 1 aromatic rings. The highest BCUT2D eigenvalue weighted by Crippen LogP contribution is 2.52. The molecule has 2 aliphatic heterocycles. The summed E-state index contributed by atoms with van der Waals surface area (Å²) in [6.07, 6.45) is 9.59. The molecule has 2 aliphatic carbocycles. The first-order chi connectivity index (χ1) is 15.7. The van der Waals surface area contributed by atoms with Crippen LogP contribution in [0.5, 0.6) is 0 Å². The van der Waals surface area contributed by atoms with Crippen LogP contribution in [0.1, 0.15) is 18.9 Å². The van der Waals surface area contributed by atoms with Crippen LogP contribution in [0.2, 0.25) is 0 Å². The highest BCUT2D eigenvalue weighted by atomic mass is 127. The Kier molecular flexibility index (Phi) is 7.41. The van der Waals surface area contributed by atoms with Crippen molar-refractivity contribution in [3.8, 4) is 0 Å². The molecular weight excluding hydrogens is 529 g/mol. The molecule has 2 amide bonds. The fourth-order valence-corrected chi connectivity index (χ4v) is 5.52. The molecule has 2 bridgehead atoms. The second-order valence-electron chi connectivity index (χ2n) is 9.00. The predicted molar refractivity (Wildman–Crippen MR) is 140 cm³/mol. The van der Waals surface area contributed by atoms with Gasteiger partial charge in [0.15, 0.2) is 5.96 Å². The summed E-state index contributed by atoms with van der Waals surface area (Å²) in [5.74, 6) is 0.968. The fourth-order valence-electron chi connectivity index (χ4n) is 5.52. The Hall–Kier alpha value is -2.36. The van der Waals surface area contributed by atoms with Gasteiger partial charge in [0.05, 0.1) is 18.4 Å². The molecule has 4 unspecified atom stereocenters. The van der Waals surface area contributed by atoms with Crippen LogP contribution < -0.4 is 15.5 Å². The molecule has 0 aromatic heterocycles. The zero-order valence-electron chi connectivity index (χ0n) is 18.9. The van der Waals surface area contributed by atoms with Crippen molar-refractivity contribution in [3.63, 3.8) is 0 Å². The number of hydrogen-bond acceptors (Lipinski definition) is 4. The van der Waals surface area contributed by atoms with E-state index in [1.165, 1.54) is 10.6 Å². The molecule has 176 valence electrons. The highest BCUT2D eigenvalue weighted by Gasteiger charge is 2.58.